The molecule has 0 aromatic heterocycles. The number of carbonyl (C=O) groups is 1. The maximum absolute atomic E-state index is 11.1. The summed E-state index contributed by atoms with van der Waals surface area (Å²) < 4.78 is 0. The normalized spacial score (nSPS) is 13.3. The number of nitrogens with zero attached hydrogens (tertiary/aromatic N) is 2. The predicted octanol–water partition coefficient (Wildman–Crippen LogP) is 6.77. The summed E-state index contributed by atoms with van der Waals surface area (Å²) in [6.07, 6.45) is 7.14. The highest BCUT2D eigenvalue weighted by Gasteiger charge is 2.19. The van der Waals surface area contributed by atoms with E-state index in [1.807, 2.05) is 24.3 Å². The Bertz CT molecular complexity index is 1200. The molecule has 0 unspecified atom stereocenters. The molecule has 3 aromatic rings. The smallest absolute Gasteiger partial charge is 0.346 e. The molecule has 0 amide bonds. The molecule has 4 rings (SSSR count). The van der Waals surface area contributed by atoms with Crippen LogP contribution in [0.1, 0.15) is 42.9 Å². The molecule has 1 aliphatic heterocycles. The van der Waals surface area contributed by atoms with Crippen molar-refractivity contribution in [3.8, 4) is 17.2 Å². The standard InChI is InChI=1S/C29H28N2O2/c1-2-3-5-21-9-14-27(15-10-21)31-17-4-6-25-19-24(13-16-28(25)31)23-11-7-22(8-12-23)18-26(20-30)29(32)33/h7-16,18-19H,2-6,17H2,1H3,(H,32,33). The largest absolute Gasteiger partial charge is 0.477 e. The van der Waals surface area contributed by atoms with Crippen molar-refractivity contribution in [2.75, 3.05) is 11.4 Å². The lowest BCUT2D eigenvalue weighted by Crippen LogP contribution is -2.24. The van der Waals surface area contributed by atoms with E-state index in [1.165, 1.54) is 41.4 Å². The van der Waals surface area contributed by atoms with Gasteiger partial charge in [-0.15, -0.1) is 0 Å². The minimum absolute atomic E-state index is 0.269. The molecule has 1 N–H and O–H groups in total. The summed E-state index contributed by atoms with van der Waals surface area (Å²) in [5.74, 6) is -1.21. The van der Waals surface area contributed by atoms with E-state index in [2.05, 4.69) is 54.3 Å². The molecule has 4 nitrogen and oxygen atoms in total. The number of hydrogen-bond donors (Lipinski definition) is 1. The summed E-state index contributed by atoms with van der Waals surface area (Å²) in [4.78, 5) is 13.5. The molecule has 1 aliphatic rings. The number of carboxylic acid groups (broad SMARTS) is 1. The number of aryl methyl sites for hydroxylation is 2. The topological polar surface area (TPSA) is 64.3 Å². The first-order valence-corrected chi connectivity index (χ1v) is 11.5. The van der Waals surface area contributed by atoms with Crippen LogP contribution in [0, 0.1) is 11.3 Å². The number of fused-ring (bicyclic) bond motifs is 1. The minimum Gasteiger partial charge on any atom is -0.477 e. The van der Waals surface area contributed by atoms with Crippen molar-refractivity contribution in [1.29, 1.82) is 5.26 Å². The quantitative estimate of drug-likeness (QED) is 0.328. The number of hydrogen-bond acceptors (Lipinski definition) is 3. The van der Waals surface area contributed by atoms with Crippen LogP contribution < -0.4 is 4.90 Å². The number of carboxylic acids is 1. The van der Waals surface area contributed by atoms with Crippen molar-refractivity contribution in [2.24, 2.45) is 0 Å². The van der Waals surface area contributed by atoms with Gasteiger partial charge in [-0.05, 0) is 83.8 Å². The zero-order valence-electron chi connectivity index (χ0n) is 18.9. The van der Waals surface area contributed by atoms with Crippen LogP contribution in [0.5, 0.6) is 0 Å². The fourth-order valence-electron chi connectivity index (χ4n) is 4.35. The Balaban J connectivity index is 1.56. The predicted molar refractivity (Wildman–Crippen MR) is 133 cm³/mol. The summed E-state index contributed by atoms with van der Waals surface area (Å²) >= 11 is 0. The van der Waals surface area contributed by atoms with E-state index in [0.717, 1.165) is 36.9 Å². The molecule has 1 heterocycles. The van der Waals surface area contributed by atoms with Crippen LogP contribution in [0.25, 0.3) is 17.2 Å². The summed E-state index contributed by atoms with van der Waals surface area (Å²) in [5.41, 5.74) is 7.89. The Kier molecular flexibility index (Phi) is 6.90. The second-order valence-corrected chi connectivity index (χ2v) is 8.47. The van der Waals surface area contributed by atoms with Gasteiger partial charge in [-0.1, -0.05) is 55.8 Å². The van der Waals surface area contributed by atoms with Gasteiger partial charge in [-0.3, -0.25) is 0 Å². The van der Waals surface area contributed by atoms with E-state index in [4.69, 9.17) is 10.4 Å². The summed E-state index contributed by atoms with van der Waals surface area (Å²) in [5, 5.41) is 18.0. The lowest BCUT2D eigenvalue weighted by molar-refractivity contribution is -0.132. The lowest BCUT2D eigenvalue weighted by atomic mass is 9.95. The van der Waals surface area contributed by atoms with Gasteiger partial charge < -0.3 is 10.0 Å². The van der Waals surface area contributed by atoms with E-state index >= 15 is 0 Å². The van der Waals surface area contributed by atoms with Crippen LogP contribution in [-0.2, 0) is 17.6 Å². The van der Waals surface area contributed by atoms with Crippen molar-refractivity contribution < 1.29 is 9.90 Å². The van der Waals surface area contributed by atoms with Crippen molar-refractivity contribution in [1.82, 2.24) is 0 Å². The fraction of sp³-hybridized carbons (Fsp3) is 0.241. The first-order chi connectivity index (χ1) is 16.1. The maximum atomic E-state index is 11.1. The molecule has 0 spiro atoms. The highest BCUT2D eigenvalue weighted by Crippen LogP contribution is 2.36. The molecule has 3 aromatic carbocycles. The van der Waals surface area contributed by atoms with Crippen molar-refractivity contribution in [3.05, 3.63) is 89.0 Å². The van der Waals surface area contributed by atoms with Gasteiger partial charge in [0.15, 0.2) is 0 Å². The average molecular weight is 437 g/mol. The van der Waals surface area contributed by atoms with Gasteiger partial charge in [0, 0.05) is 17.9 Å². The molecule has 0 bridgehead atoms. The number of aliphatic carboxylic acids is 1. The summed E-state index contributed by atoms with van der Waals surface area (Å²) in [6.45, 7) is 3.25. The first kappa shape index (κ1) is 22.4. The Morgan fingerprint density at radius 2 is 1.79 bits per heavy atom. The van der Waals surface area contributed by atoms with Gasteiger partial charge in [0.2, 0.25) is 0 Å². The van der Waals surface area contributed by atoms with Crippen LogP contribution in [0.15, 0.2) is 72.3 Å². The van der Waals surface area contributed by atoms with Crippen molar-refractivity contribution in [3.63, 3.8) is 0 Å². The van der Waals surface area contributed by atoms with Crippen LogP contribution in [0.3, 0.4) is 0 Å². The van der Waals surface area contributed by atoms with Crippen LogP contribution in [-0.4, -0.2) is 17.6 Å². The van der Waals surface area contributed by atoms with E-state index in [1.54, 1.807) is 6.07 Å². The number of benzene rings is 3. The van der Waals surface area contributed by atoms with Gasteiger partial charge in [-0.2, -0.15) is 5.26 Å². The molecule has 0 saturated heterocycles. The number of nitriles is 1. The Hall–Kier alpha value is -3.84. The first-order valence-electron chi connectivity index (χ1n) is 11.5. The zero-order chi connectivity index (χ0) is 23.2. The van der Waals surface area contributed by atoms with Crippen molar-refractivity contribution >= 4 is 23.4 Å². The van der Waals surface area contributed by atoms with Crippen LogP contribution >= 0.6 is 0 Å². The molecule has 0 atom stereocenters. The second-order valence-electron chi connectivity index (χ2n) is 8.47. The van der Waals surface area contributed by atoms with Gasteiger partial charge in [0.1, 0.15) is 11.6 Å². The van der Waals surface area contributed by atoms with Gasteiger partial charge in [-0.25, -0.2) is 4.79 Å². The van der Waals surface area contributed by atoms with Crippen LogP contribution in [0.2, 0.25) is 0 Å². The molecule has 0 radical (unpaired) electrons. The molecular formula is C29H28N2O2. The molecular weight excluding hydrogens is 408 g/mol. The average Bonchev–Trinajstić information content (AvgIpc) is 2.86. The Morgan fingerprint density at radius 3 is 2.45 bits per heavy atom. The highest BCUT2D eigenvalue weighted by atomic mass is 16.4. The SMILES string of the molecule is CCCCc1ccc(N2CCCc3cc(-c4ccc(C=C(C#N)C(=O)O)cc4)ccc32)cc1. The monoisotopic (exact) mass is 436 g/mol. The number of anilines is 2. The number of rotatable bonds is 7. The maximum Gasteiger partial charge on any atom is 0.346 e. The molecule has 0 aliphatic carbocycles. The summed E-state index contributed by atoms with van der Waals surface area (Å²) in [7, 11) is 0. The van der Waals surface area contributed by atoms with Crippen molar-refractivity contribution in [2.45, 2.75) is 39.0 Å². The fourth-order valence-corrected chi connectivity index (χ4v) is 4.35. The summed E-state index contributed by atoms with van der Waals surface area (Å²) in [6, 6.07) is 25.0. The van der Waals surface area contributed by atoms with E-state index < -0.39 is 5.97 Å². The highest BCUT2D eigenvalue weighted by molar-refractivity contribution is 5.96. The molecule has 4 heteroatoms. The lowest BCUT2D eigenvalue weighted by Gasteiger charge is -2.32. The van der Waals surface area contributed by atoms with Crippen LogP contribution in [0.4, 0.5) is 11.4 Å². The second kappa shape index (κ2) is 10.2. The Morgan fingerprint density at radius 1 is 1.06 bits per heavy atom. The minimum atomic E-state index is -1.21. The zero-order valence-corrected chi connectivity index (χ0v) is 18.9. The third kappa shape index (κ3) is 5.15. The third-order valence-electron chi connectivity index (χ3n) is 6.17. The van der Waals surface area contributed by atoms with Gasteiger partial charge in [0.25, 0.3) is 0 Å². The molecule has 166 valence electrons. The van der Waals surface area contributed by atoms with Gasteiger partial charge in [0.05, 0.1) is 0 Å². The van der Waals surface area contributed by atoms with E-state index in [-0.39, 0.29) is 5.57 Å². The van der Waals surface area contributed by atoms with Gasteiger partial charge >= 0.3 is 5.97 Å². The number of unbranched alkanes of at least 4 members (excludes halogenated alkanes) is 1. The molecule has 0 saturated carbocycles. The molecule has 33 heavy (non-hydrogen) atoms. The third-order valence-corrected chi connectivity index (χ3v) is 6.17. The van der Waals surface area contributed by atoms with E-state index in [0.29, 0.717) is 5.56 Å². The van der Waals surface area contributed by atoms with E-state index in [9.17, 15) is 4.79 Å². The molecule has 0 fully saturated rings. The Labute approximate surface area is 195 Å².